The number of carbonyl (C=O) groups is 1. The molecule has 0 saturated carbocycles. The maximum Gasteiger partial charge on any atom is 0.309 e. The molecule has 0 aliphatic heterocycles. The van der Waals surface area contributed by atoms with Gasteiger partial charge in [-0.15, -0.1) is 0 Å². The van der Waals surface area contributed by atoms with Crippen LogP contribution < -0.4 is 0 Å². The third kappa shape index (κ3) is 2.93. The zero-order valence-electron chi connectivity index (χ0n) is 11.5. The number of carboxylic acid groups (broad SMARTS) is 1. The van der Waals surface area contributed by atoms with E-state index in [-0.39, 0.29) is 6.42 Å². The average molecular weight is 335 g/mol. The van der Waals surface area contributed by atoms with Crippen molar-refractivity contribution in [2.75, 3.05) is 0 Å². The first-order chi connectivity index (χ1) is 10.5. The standard InChI is InChI=1S/C16H12Cl2N2O2/c17-11-5-6-15-12(7-11)14(8-16(21)22)19-20(15)9-10-3-1-2-4-13(10)18/h1-7H,8-9H2,(H,21,22). The lowest BCUT2D eigenvalue weighted by molar-refractivity contribution is -0.136. The van der Waals surface area contributed by atoms with Crippen LogP contribution in [0.2, 0.25) is 10.0 Å². The summed E-state index contributed by atoms with van der Waals surface area (Å²) in [6.07, 6.45) is -0.146. The van der Waals surface area contributed by atoms with Crippen LogP contribution in [0.25, 0.3) is 10.9 Å². The number of aromatic nitrogens is 2. The highest BCUT2D eigenvalue weighted by Gasteiger charge is 2.14. The number of rotatable bonds is 4. The van der Waals surface area contributed by atoms with E-state index in [2.05, 4.69) is 5.10 Å². The first-order valence-corrected chi connectivity index (χ1v) is 7.40. The third-order valence-electron chi connectivity index (χ3n) is 3.39. The van der Waals surface area contributed by atoms with Crippen molar-refractivity contribution in [1.29, 1.82) is 0 Å². The number of hydrogen-bond donors (Lipinski definition) is 1. The van der Waals surface area contributed by atoms with Crippen LogP contribution in [0.1, 0.15) is 11.3 Å². The quantitative estimate of drug-likeness (QED) is 0.783. The zero-order valence-corrected chi connectivity index (χ0v) is 13.0. The molecule has 6 heteroatoms. The minimum absolute atomic E-state index is 0.146. The van der Waals surface area contributed by atoms with E-state index in [4.69, 9.17) is 28.3 Å². The molecular formula is C16H12Cl2N2O2. The maximum absolute atomic E-state index is 11.0. The van der Waals surface area contributed by atoms with E-state index in [0.717, 1.165) is 16.5 Å². The molecular weight excluding hydrogens is 323 g/mol. The second-order valence-electron chi connectivity index (χ2n) is 4.93. The summed E-state index contributed by atoms with van der Waals surface area (Å²) >= 11 is 12.2. The first kappa shape index (κ1) is 14.9. The number of aliphatic carboxylic acids is 1. The molecule has 0 aliphatic rings. The van der Waals surface area contributed by atoms with Crippen molar-refractivity contribution < 1.29 is 9.90 Å². The maximum atomic E-state index is 11.0. The van der Waals surface area contributed by atoms with E-state index < -0.39 is 5.97 Å². The number of halogens is 2. The lowest BCUT2D eigenvalue weighted by Crippen LogP contribution is -2.05. The minimum atomic E-state index is -0.927. The van der Waals surface area contributed by atoms with Gasteiger partial charge in [0, 0.05) is 15.4 Å². The number of hydrogen-bond acceptors (Lipinski definition) is 2. The Hall–Kier alpha value is -2.04. The van der Waals surface area contributed by atoms with Crippen LogP contribution in [0.4, 0.5) is 0 Å². The second-order valence-corrected chi connectivity index (χ2v) is 5.77. The van der Waals surface area contributed by atoms with Gasteiger partial charge in [-0.3, -0.25) is 9.48 Å². The predicted octanol–water partition coefficient (Wildman–Crippen LogP) is 4.02. The molecule has 22 heavy (non-hydrogen) atoms. The van der Waals surface area contributed by atoms with E-state index in [1.807, 2.05) is 30.3 Å². The number of nitrogens with zero attached hydrogens (tertiary/aromatic N) is 2. The van der Waals surface area contributed by atoms with Gasteiger partial charge in [0.1, 0.15) is 0 Å². The van der Waals surface area contributed by atoms with Crippen LogP contribution in [0.15, 0.2) is 42.5 Å². The average Bonchev–Trinajstić information content (AvgIpc) is 2.78. The molecule has 0 atom stereocenters. The van der Waals surface area contributed by atoms with Crippen molar-refractivity contribution in [2.24, 2.45) is 0 Å². The molecule has 4 nitrogen and oxygen atoms in total. The topological polar surface area (TPSA) is 55.1 Å². The van der Waals surface area contributed by atoms with Gasteiger partial charge in [-0.05, 0) is 29.8 Å². The molecule has 3 rings (SSSR count). The van der Waals surface area contributed by atoms with Gasteiger partial charge < -0.3 is 5.11 Å². The van der Waals surface area contributed by atoms with Gasteiger partial charge in [0.25, 0.3) is 0 Å². The normalized spacial score (nSPS) is 11.0. The Morgan fingerprint density at radius 3 is 2.68 bits per heavy atom. The Balaban J connectivity index is 2.10. The second kappa shape index (κ2) is 5.99. The summed E-state index contributed by atoms with van der Waals surface area (Å²) in [5.74, 6) is -0.927. The van der Waals surface area contributed by atoms with Crippen molar-refractivity contribution >= 4 is 40.1 Å². The molecule has 3 aromatic rings. The molecule has 0 aliphatic carbocycles. The Labute approximate surface area is 136 Å². The molecule has 1 aromatic heterocycles. The van der Waals surface area contributed by atoms with E-state index in [9.17, 15) is 4.79 Å². The highest BCUT2D eigenvalue weighted by Crippen LogP contribution is 2.25. The van der Waals surface area contributed by atoms with Gasteiger partial charge in [0.05, 0.1) is 24.2 Å². The summed E-state index contributed by atoms with van der Waals surface area (Å²) in [6.45, 7) is 0.470. The van der Waals surface area contributed by atoms with Gasteiger partial charge in [-0.1, -0.05) is 41.4 Å². The van der Waals surface area contributed by atoms with Crippen LogP contribution in [0, 0.1) is 0 Å². The fraction of sp³-hybridized carbons (Fsp3) is 0.125. The smallest absolute Gasteiger partial charge is 0.309 e. The van der Waals surface area contributed by atoms with Crippen molar-refractivity contribution in [3.05, 3.63) is 63.8 Å². The summed E-state index contributed by atoms with van der Waals surface area (Å²) in [5, 5.41) is 15.4. The van der Waals surface area contributed by atoms with Crippen LogP contribution in [-0.4, -0.2) is 20.9 Å². The van der Waals surface area contributed by atoms with E-state index in [1.165, 1.54) is 0 Å². The van der Waals surface area contributed by atoms with Gasteiger partial charge in [-0.25, -0.2) is 0 Å². The molecule has 0 radical (unpaired) electrons. The summed E-state index contributed by atoms with van der Waals surface area (Å²) in [6, 6.07) is 12.8. The van der Waals surface area contributed by atoms with Gasteiger partial charge in [0.15, 0.2) is 0 Å². The Bertz CT molecular complexity index is 858. The Morgan fingerprint density at radius 2 is 1.95 bits per heavy atom. The van der Waals surface area contributed by atoms with Gasteiger partial charge in [0.2, 0.25) is 0 Å². The van der Waals surface area contributed by atoms with Crippen LogP contribution in [0.3, 0.4) is 0 Å². The molecule has 0 saturated heterocycles. The molecule has 0 amide bonds. The van der Waals surface area contributed by atoms with E-state index in [1.54, 1.807) is 16.8 Å². The minimum Gasteiger partial charge on any atom is -0.481 e. The molecule has 1 heterocycles. The molecule has 0 bridgehead atoms. The van der Waals surface area contributed by atoms with Crippen LogP contribution in [-0.2, 0) is 17.8 Å². The fourth-order valence-electron chi connectivity index (χ4n) is 2.40. The lowest BCUT2D eigenvalue weighted by Gasteiger charge is -2.05. The number of benzene rings is 2. The fourth-order valence-corrected chi connectivity index (χ4v) is 2.77. The summed E-state index contributed by atoms with van der Waals surface area (Å²) in [4.78, 5) is 11.0. The summed E-state index contributed by atoms with van der Waals surface area (Å²) in [5.41, 5.74) is 2.25. The Kier molecular flexibility index (Phi) is 4.05. The van der Waals surface area contributed by atoms with Gasteiger partial charge in [-0.2, -0.15) is 5.10 Å². The first-order valence-electron chi connectivity index (χ1n) is 6.65. The molecule has 112 valence electrons. The molecule has 0 spiro atoms. The van der Waals surface area contributed by atoms with Gasteiger partial charge >= 0.3 is 5.97 Å². The highest BCUT2D eigenvalue weighted by atomic mass is 35.5. The summed E-state index contributed by atoms with van der Waals surface area (Å²) < 4.78 is 1.76. The van der Waals surface area contributed by atoms with Crippen molar-refractivity contribution in [3.63, 3.8) is 0 Å². The predicted molar refractivity (Wildman–Crippen MR) is 86.6 cm³/mol. The monoisotopic (exact) mass is 334 g/mol. The van der Waals surface area contributed by atoms with E-state index >= 15 is 0 Å². The number of fused-ring (bicyclic) bond motifs is 1. The van der Waals surface area contributed by atoms with Crippen molar-refractivity contribution in [1.82, 2.24) is 9.78 Å². The number of carboxylic acids is 1. The van der Waals surface area contributed by atoms with Crippen molar-refractivity contribution in [3.8, 4) is 0 Å². The molecule has 0 unspecified atom stereocenters. The molecule has 0 fully saturated rings. The summed E-state index contributed by atoms with van der Waals surface area (Å²) in [7, 11) is 0. The van der Waals surface area contributed by atoms with Crippen molar-refractivity contribution in [2.45, 2.75) is 13.0 Å². The van der Waals surface area contributed by atoms with Crippen LogP contribution in [0.5, 0.6) is 0 Å². The third-order valence-corrected chi connectivity index (χ3v) is 3.99. The lowest BCUT2D eigenvalue weighted by atomic mass is 10.1. The van der Waals surface area contributed by atoms with E-state index in [0.29, 0.717) is 22.3 Å². The zero-order chi connectivity index (χ0) is 15.7. The molecule has 1 N–H and O–H groups in total. The molecule has 2 aromatic carbocycles. The SMILES string of the molecule is O=C(O)Cc1nn(Cc2ccccc2Cl)c2ccc(Cl)cc12. The Morgan fingerprint density at radius 1 is 1.18 bits per heavy atom. The largest absolute Gasteiger partial charge is 0.481 e. The highest BCUT2D eigenvalue weighted by molar-refractivity contribution is 6.31. The van der Waals surface area contributed by atoms with Crippen LogP contribution >= 0.6 is 23.2 Å².